The number of aliphatic hydroxyl groups is 11. The molecule has 0 spiro atoms. The van der Waals surface area contributed by atoms with Crippen molar-refractivity contribution in [2.45, 2.75) is 388 Å². The normalized spacial score (nSPS) is 28.0. The Kier molecular flexibility index (Phi) is 49.5. The van der Waals surface area contributed by atoms with E-state index in [1.807, 2.05) is 6.08 Å². The number of ether oxygens (including phenoxy) is 6. The molecule has 0 bridgehead atoms. The van der Waals surface area contributed by atoms with Crippen LogP contribution in [0.5, 0.6) is 0 Å². The lowest BCUT2D eigenvalue weighted by Crippen LogP contribution is -2.66. The zero-order chi connectivity index (χ0) is 66.1. The standard InChI is InChI=1S/C72H133NO18/c1-3-5-7-9-11-13-15-17-19-21-22-23-24-25-26-27-28-29-30-31-32-33-34-35-37-39-41-43-45-47-49-56(77)55(73-60(78)50-48-46-44-42-40-38-36-20-18-16-14-12-10-8-6-4-2)54-86-70-66(84)63(81)68(58(52-75)88-70)91-72-67(85)64(82)69(59(53-76)89-72)90-71-65(83)62(80)61(79)57(51-74)87-71/h20,36,39,41,47,49,55-59,61-72,74-77,79-85H,3-19,21-35,37-38,40,42-46,48,50-54H2,1-2H3,(H,73,78)/b36-20-,41-39+,49-47+. The predicted octanol–water partition coefficient (Wildman–Crippen LogP) is 10.4. The van der Waals surface area contributed by atoms with E-state index in [4.69, 9.17) is 28.4 Å². The maximum atomic E-state index is 13.4. The third-order valence-corrected chi connectivity index (χ3v) is 18.4. The first-order chi connectivity index (χ1) is 44.3. The lowest BCUT2D eigenvalue weighted by Gasteiger charge is -2.48. The van der Waals surface area contributed by atoms with Gasteiger partial charge in [-0.1, -0.05) is 256 Å². The number of carbonyl (C=O) groups excluding carboxylic acids is 1. The molecule has 17 unspecified atom stereocenters. The minimum atomic E-state index is -1.98. The molecule has 19 heteroatoms. The van der Waals surface area contributed by atoms with Crippen LogP contribution in [0.1, 0.15) is 284 Å². The lowest BCUT2D eigenvalue weighted by molar-refractivity contribution is -0.379. The first-order valence-electron chi connectivity index (χ1n) is 36.7. The van der Waals surface area contributed by atoms with E-state index in [9.17, 15) is 61.0 Å². The van der Waals surface area contributed by atoms with Gasteiger partial charge in [-0.25, -0.2) is 0 Å². The summed E-state index contributed by atoms with van der Waals surface area (Å²) < 4.78 is 34.3. The van der Waals surface area contributed by atoms with Crippen LogP contribution in [0.3, 0.4) is 0 Å². The van der Waals surface area contributed by atoms with E-state index in [2.05, 4.69) is 43.5 Å². The average molecular weight is 1300 g/mol. The van der Waals surface area contributed by atoms with Crippen molar-refractivity contribution in [1.82, 2.24) is 5.32 Å². The van der Waals surface area contributed by atoms with Crippen LogP contribution in [0.4, 0.5) is 0 Å². The summed E-state index contributed by atoms with van der Waals surface area (Å²) in [6.07, 6.45) is 37.1. The molecule has 3 heterocycles. The van der Waals surface area contributed by atoms with Crippen LogP contribution in [-0.2, 0) is 33.2 Å². The summed E-state index contributed by atoms with van der Waals surface area (Å²) in [5.74, 6) is -0.292. The third kappa shape index (κ3) is 35.7. The molecule has 3 aliphatic heterocycles. The summed E-state index contributed by atoms with van der Waals surface area (Å²) in [6, 6.07) is -0.994. The molecule has 534 valence electrons. The molecular weight excluding hydrogens is 1170 g/mol. The topological polar surface area (TPSA) is 307 Å². The first kappa shape index (κ1) is 83.2. The Morgan fingerprint density at radius 1 is 0.385 bits per heavy atom. The van der Waals surface area contributed by atoms with E-state index >= 15 is 0 Å². The van der Waals surface area contributed by atoms with Gasteiger partial charge in [0.05, 0.1) is 38.6 Å². The van der Waals surface area contributed by atoms with E-state index in [1.54, 1.807) is 6.08 Å². The number of nitrogens with one attached hydrogen (secondary N) is 1. The van der Waals surface area contributed by atoms with E-state index < -0.39 is 124 Å². The number of hydrogen-bond acceptors (Lipinski definition) is 18. The molecule has 3 fully saturated rings. The van der Waals surface area contributed by atoms with Crippen LogP contribution in [-0.4, -0.2) is 193 Å². The molecule has 0 aromatic carbocycles. The zero-order valence-corrected chi connectivity index (χ0v) is 56.6. The Bertz CT molecular complexity index is 1790. The number of aliphatic hydroxyl groups excluding tert-OH is 11. The highest BCUT2D eigenvalue weighted by Crippen LogP contribution is 2.33. The maximum absolute atomic E-state index is 13.4. The van der Waals surface area contributed by atoms with Gasteiger partial charge in [-0.3, -0.25) is 4.79 Å². The van der Waals surface area contributed by atoms with E-state index in [0.717, 1.165) is 57.8 Å². The van der Waals surface area contributed by atoms with E-state index in [0.29, 0.717) is 12.8 Å². The van der Waals surface area contributed by atoms with Crippen molar-refractivity contribution < 1.29 is 89.4 Å². The number of rotatable bonds is 57. The molecular formula is C72H133NO18. The van der Waals surface area contributed by atoms with Gasteiger partial charge in [0, 0.05) is 6.42 Å². The molecule has 3 saturated heterocycles. The monoisotopic (exact) mass is 1300 g/mol. The molecule has 91 heavy (non-hydrogen) atoms. The second-order valence-corrected chi connectivity index (χ2v) is 26.4. The number of carbonyl (C=O) groups is 1. The fourth-order valence-electron chi connectivity index (χ4n) is 12.4. The number of hydrogen-bond donors (Lipinski definition) is 12. The molecule has 0 aromatic heterocycles. The molecule has 1 amide bonds. The molecule has 17 atom stereocenters. The number of allylic oxidation sites excluding steroid dienone is 5. The van der Waals surface area contributed by atoms with Crippen molar-refractivity contribution in [1.29, 1.82) is 0 Å². The Labute approximate surface area is 549 Å². The number of amides is 1. The highest BCUT2D eigenvalue weighted by Gasteiger charge is 2.53. The van der Waals surface area contributed by atoms with E-state index in [-0.39, 0.29) is 18.9 Å². The largest absolute Gasteiger partial charge is 0.394 e. The molecule has 0 radical (unpaired) electrons. The van der Waals surface area contributed by atoms with Crippen LogP contribution < -0.4 is 5.32 Å². The van der Waals surface area contributed by atoms with Crippen LogP contribution >= 0.6 is 0 Å². The van der Waals surface area contributed by atoms with Crippen molar-refractivity contribution in [3.63, 3.8) is 0 Å². The summed E-state index contributed by atoms with van der Waals surface area (Å²) in [7, 11) is 0. The van der Waals surface area contributed by atoms with Crippen molar-refractivity contribution in [2.75, 3.05) is 26.4 Å². The van der Waals surface area contributed by atoms with Gasteiger partial charge in [0.25, 0.3) is 0 Å². The summed E-state index contributed by atoms with van der Waals surface area (Å²) in [4.78, 5) is 13.4. The van der Waals surface area contributed by atoms with Gasteiger partial charge in [0.15, 0.2) is 18.9 Å². The Balaban J connectivity index is 1.41. The molecule has 12 N–H and O–H groups in total. The molecule has 0 aliphatic carbocycles. The van der Waals surface area contributed by atoms with Crippen LogP contribution in [0, 0.1) is 0 Å². The summed E-state index contributed by atoms with van der Waals surface area (Å²) in [6.45, 7) is 1.73. The minimum Gasteiger partial charge on any atom is -0.394 e. The maximum Gasteiger partial charge on any atom is 0.220 e. The fourth-order valence-corrected chi connectivity index (χ4v) is 12.4. The Morgan fingerprint density at radius 2 is 0.703 bits per heavy atom. The van der Waals surface area contributed by atoms with Gasteiger partial charge < -0.3 is 89.9 Å². The van der Waals surface area contributed by atoms with Gasteiger partial charge in [-0.05, 0) is 57.8 Å². The second-order valence-electron chi connectivity index (χ2n) is 26.4. The zero-order valence-electron chi connectivity index (χ0n) is 56.6. The third-order valence-electron chi connectivity index (χ3n) is 18.4. The van der Waals surface area contributed by atoms with Gasteiger partial charge in [0.1, 0.15) is 73.2 Å². The van der Waals surface area contributed by atoms with Gasteiger partial charge in [0.2, 0.25) is 5.91 Å². The average Bonchev–Trinajstić information content (AvgIpc) is 0.851. The smallest absolute Gasteiger partial charge is 0.220 e. The van der Waals surface area contributed by atoms with Crippen molar-refractivity contribution in [2.24, 2.45) is 0 Å². The highest BCUT2D eigenvalue weighted by molar-refractivity contribution is 5.76. The lowest BCUT2D eigenvalue weighted by atomic mass is 9.96. The van der Waals surface area contributed by atoms with Crippen LogP contribution in [0.15, 0.2) is 36.5 Å². The van der Waals surface area contributed by atoms with Crippen molar-refractivity contribution in [3.05, 3.63) is 36.5 Å². The minimum absolute atomic E-state index is 0.226. The Hall–Kier alpha value is -1.99. The van der Waals surface area contributed by atoms with Crippen molar-refractivity contribution >= 4 is 5.91 Å². The fraction of sp³-hybridized carbons (Fsp3) is 0.903. The summed E-state index contributed by atoms with van der Waals surface area (Å²) in [5.41, 5.74) is 0. The SMILES string of the molecule is CCCCCCCCC/C=C\CCCCCCCC(=O)NC(COC1OC(CO)C(OC2OC(CO)C(OC3OC(CO)C(O)C(O)C3O)C(O)C2O)C(O)C1O)C(O)/C=C/CC/C=C/CCCCCCCCCCCCCCCCCCCCCCCCCC. The first-order valence-corrected chi connectivity index (χ1v) is 36.7. The molecule has 19 nitrogen and oxygen atoms in total. The highest BCUT2D eigenvalue weighted by atomic mass is 16.8. The van der Waals surface area contributed by atoms with Gasteiger partial charge in [-0.2, -0.15) is 0 Å². The van der Waals surface area contributed by atoms with Crippen molar-refractivity contribution in [3.8, 4) is 0 Å². The summed E-state index contributed by atoms with van der Waals surface area (Å²) in [5, 5.41) is 121. The molecule has 0 aromatic rings. The van der Waals surface area contributed by atoms with Crippen LogP contribution in [0.2, 0.25) is 0 Å². The van der Waals surface area contributed by atoms with E-state index in [1.165, 1.54) is 193 Å². The summed E-state index contributed by atoms with van der Waals surface area (Å²) >= 11 is 0. The Morgan fingerprint density at radius 3 is 1.10 bits per heavy atom. The van der Waals surface area contributed by atoms with Gasteiger partial charge in [-0.15, -0.1) is 0 Å². The quantitative estimate of drug-likeness (QED) is 0.0199. The van der Waals surface area contributed by atoms with Crippen LogP contribution in [0.25, 0.3) is 0 Å². The van der Waals surface area contributed by atoms with Gasteiger partial charge >= 0.3 is 0 Å². The number of unbranched alkanes of at least 4 members (excludes halogenated alkanes) is 37. The molecule has 3 rings (SSSR count). The second kappa shape index (κ2) is 54.1. The molecule has 3 aliphatic rings. The predicted molar refractivity (Wildman–Crippen MR) is 356 cm³/mol. The molecule has 0 saturated carbocycles.